The minimum absolute atomic E-state index is 0.0564. The number of rotatable bonds is 7. The number of sulfonamides is 1. The van der Waals surface area contributed by atoms with Crippen LogP contribution in [0.5, 0.6) is 17.2 Å². The van der Waals surface area contributed by atoms with Gasteiger partial charge in [-0.3, -0.25) is 4.79 Å². The fraction of sp³-hybridized carbons (Fsp3) is 0.348. The summed E-state index contributed by atoms with van der Waals surface area (Å²) >= 11 is 0. The molecule has 2 aliphatic heterocycles. The summed E-state index contributed by atoms with van der Waals surface area (Å²) in [4.78, 5) is 12.4. The zero-order valence-electron chi connectivity index (χ0n) is 18.2. The van der Waals surface area contributed by atoms with Gasteiger partial charge in [-0.15, -0.1) is 0 Å². The minimum atomic E-state index is -3.75. The molecule has 2 aromatic carbocycles. The molecule has 1 N–H and O–H groups in total. The molecule has 1 amide bonds. The van der Waals surface area contributed by atoms with Crippen molar-refractivity contribution < 1.29 is 32.2 Å². The number of hydrogen-bond donors (Lipinski definition) is 1. The first kappa shape index (κ1) is 23.1. The largest absolute Gasteiger partial charge is 0.495 e. The van der Waals surface area contributed by atoms with Crippen LogP contribution in [0.4, 0.5) is 0 Å². The van der Waals surface area contributed by atoms with E-state index in [1.54, 1.807) is 18.2 Å². The van der Waals surface area contributed by atoms with E-state index in [0.29, 0.717) is 36.9 Å². The summed E-state index contributed by atoms with van der Waals surface area (Å²) in [7, 11) is -2.33. The Bertz CT molecular complexity index is 1130. The summed E-state index contributed by atoms with van der Waals surface area (Å²) in [6.07, 6.45) is 2.61. The van der Waals surface area contributed by atoms with Crippen molar-refractivity contribution in [1.29, 1.82) is 0 Å². The van der Waals surface area contributed by atoms with E-state index in [1.807, 2.05) is 24.3 Å². The van der Waals surface area contributed by atoms with Crippen molar-refractivity contribution in [2.24, 2.45) is 0 Å². The van der Waals surface area contributed by atoms with Gasteiger partial charge in [0.05, 0.1) is 26.9 Å². The molecule has 33 heavy (non-hydrogen) atoms. The topological polar surface area (TPSA) is 103 Å². The van der Waals surface area contributed by atoms with Gasteiger partial charge >= 0.3 is 0 Å². The van der Waals surface area contributed by atoms with Gasteiger partial charge < -0.3 is 24.3 Å². The molecule has 1 saturated heterocycles. The van der Waals surface area contributed by atoms with E-state index in [2.05, 4.69) is 5.32 Å². The van der Waals surface area contributed by atoms with Gasteiger partial charge in [0.2, 0.25) is 15.9 Å². The highest BCUT2D eigenvalue weighted by molar-refractivity contribution is 7.89. The Morgan fingerprint density at radius 3 is 2.70 bits per heavy atom. The summed E-state index contributed by atoms with van der Waals surface area (Å²) in [5.41, 5.74) is 0.559. The number of amides is 1. The van der Waals surface area contributed by atoms with Crippen LogP contribution in [0.1, 0.15) is 5.56 Å². The predicted octanol–water partition coefficient (Wildman–Crippen LogP) is 1.69. The van der Waals surface area contributed by atoms with Crippen LogP contribution in [0.25, 0.3) is 6.08 Å². The van der Waals surface area contributed by atoms with Crippen molar-refractivity contribution in [3.8, 4) is 17.2 Å². The van der Waals surface area contributed by atoms with Gasteiger partial charge in [0.25, 0.3) is 0 Å². The standard InChI is InChI=1S/C23H26N2O7S/c1-29-21-8-6-17(14-22(21)33(27,28)25-10-12-30-13-11-25)7-9-23(26)24-15-18-16-31-19-4-2-3-5-20(19)32-18/h2-9,14,18H,10-13,15-16H2,1H3,(H,24,26)/b9-7+. The lowest BCUT2D eigenvalue weighted by Gasteiger charge is -2.26. The van der Waals surface area contributed by atoms with Crippen molar-refractivity contribution in [2.45, 2.75) is 11.0 Å². The van der Waals surface area contributed by atoms with Crippen molar-refractivity contribution in [2.75, 3.05) is 46.6 Å². The number of nitrogens with one attached hydrogen (secondary N) is 1. The molecule has 2 aliphatic rings. The third kappa shape index (κ3) is 5.47. The summed E-state index contributed by atoms with van der Waals surface area (Å²) < 4.78 is 49.5. The molecule has 10 heteroatoms. The van der Waals surface area contributed by atoms with Crippen molar-refractivity contribution in [3.63, 3.8) is 0 Å². The zero-order valence-corrected chi connectivity index (χ0v) is 19.0. The van der Waals surface area contributed by atoms with Crippen LogP contribution in [0, 0.1) is 0 Å². The smallest absolute Gasteiger partial charge is 0.246 e. The molecule has 0 radical (unpaired) electrons. The molecule has 0 aliphatic carbocycles. The fourth-order valence-corrected chi connectivity index (χ4v) is 5.13. The average Bonchev–Trinajstić information content (AvgIpc) is 2.86. The molecular formula is C23H26N2O7S. The first-order chi connectivity index (χ1) is 16.0. The second-order valence-corrected chi connectivity index (χ2v) is 9.41. The first-order valence-electron chi connectivity index (χ1n) is 10.6. The number of methoxy groups -OCH3 is 1. The molecule has 1 fully saturated rings. The van der Waals surface area contributed by atoms with Crippen molar-refractivity contribution >= 4 is 22.0 Å². The van der Waals surface area contributed by atoms with E-state index in [0.717, 1.165) is 0 Å². The molecule has 0 spiro atoms. The maximum absolute atomic E-state index is 13.1. The van der Waals surface area contributed by atoms with Gasteiger partial charge in [-0.2, -0.15) is 4.31 Å². The Hall–Kier alpha value is -3.08. The number of carbonyl (C=O) groups excluding carboxylic acids is 1. The highest BCUT2D eigenvalue weighted by Gasteiger charge is 2.29. The van der Waals surface area contributed by atoms with Crippen LogP contribution >= 0.6 is 0 Å². The van der Waals surface area contributed by atoms with Crippen molar-refractivity contribution in [1.82, 2.24) is 9.62 Å². The van der Waals surface area contributed by atoms with E-state index < -0.39 is 10.0 Å². The molecule has 4 rings (SSSR count). The average molecular weight is 475 g/mol. The second-order valence-electron chi connectivity index (χ2n) is 7.50. The van der Waals surface area contributed by atoms with E-state index in [-0.39, 0.29) is 42.3 Å². The lowest BCUT2D eigenvalue weighted by molar-refractivity contribution is -0.116. The predicted molar refractivity (Wildman–Crippen MR) is 121 cm³/mol. The van der Waals surface area contributed by atoms with Gasteiger partial charge in [-0.05, 0) is 35.9 Å². The Labute approximate surface area is 192 Å². The Kier molecular flexibility index (Phi) is 7.17. The highest BCUT2D eigenvalue weighted by Crippen LogP contribution is 2.31. The zero-order chi connectivity index (χ0) is 23.3. The number of nitrogens with zero attached hydrogens (tertiary/aromatic N) is 1. The highest BCUT2D eigenvalue weighted by atomic mass is 32.2. The van der Waals surface area contributed by atoms with Crippen LogP contribution in [-0.4, -0.2) is 71.3 Å². The third-order valence-electron chi connectivity index (χ3n) is 5.27. The molecule has 2 heterocycles. The van der Waals surface area contributed by atoms with Crippen LogP contribution in [0.3, 0.4) is 0 Å². The van der Waals surface area contributed by atoms with Gasteiger partial charge in [0.1, 0.15) is 23.4 Å². The summed E-state index contributed by atoms with van der Waals surface area (Å²) in [6, 6.07) is 12.1. The first-order valence-corrected chi connectivity index (χ1v) is 12.0. The van der Waals surface area contributed by atoms with Gasteiger partial charge in [0.15, 0.2) is 11.5 Å². The molecule has 0 bridgehead atoms. The maximum Gasteiger partial charge on any atom is 0.246 e. The molecule has 2 aromatic rings. The maximum atomic E-state index is 13.1. The monoisotopic (exact) mass is 474 g/mol. The van der Waals surface area contributed by atoms with Crippen LogP contribution < -0.4 is 19.5 Å². The van der Waals surface area contributed by atoms with Crippen LogP contribution in [-0.2, 0) is 19.6 Å². The number of para-hydroxylation sites is 2. The molecule has 0 aromatic heterocycles. The quantitative estimate of drug-likeness (QED) is 0.609. The summed E-state index contributed by atoms with van der Waals surface area (Å²) in [5, 5.41) is 2.78. The number of ether oxygens (including phenoxy) is 4. The lowest BCUT2D eigenvalue weighted by Crippen LogP contribution is -2.40. The summed E-state index contributed by atoms with van der Waals surface area (Å²) in [5.74, 6) is 1.25. The third-order valence-corrected chi connectivity index (χ3v) is 7.19. The van der Waals surface area contributed by atoms with Crippen LogP contribution in [0.2, 0.25) is 0 Å². The molecule has 9 nitrogen and oxygen atoms in total. The van der Waals surface area contributed by atoms with E-state index >= 15 is 0 Å². The Morgan fingerprint density at radius 1 is 1.18 bits per heavy atom. The second kappa shape index (κ2) is 10.2. The van der Waals surface area contributed by atoms with Gasteiger partial charge in [-0.25, -0.2) is 8.42 Å². The number of hydrogen-bond acceptors (Lipinski definition) is 7. The van der Waals surface area contributed by atoms with Gasteiger partial charge in [-0.1, -0.05) is 18.2 Å². The molecule has 176 valence electrons. The van der Waals surface area contributed by atoms with Gasteiger partial charge in [0, 0.05) is 19.2 Å². The van der Waals surface area contributed by atoms with Crippen molar-refractivity contribution in [3.05, 3.63) is 54.1 Å². The van der Waals surface area contributed by atoms with E-state index in [1.165, 1.54) is 23.6 Å². The molecule has 1 unspecified atom stereocenters. The molecule has 1 atom stereocenters. The SMILES string of the molecule is COc1ccc(/C=C/C(=O)NCC2COc3ccccc3O2)cc1S(=O)(=O)N1CCOCC1. The molecule has 0 saturated carbocycles. The Balaban J connectivity index is 1.39. The number of morpholine rings is 1. The Morgan fingerprint density at radius 2 is 1.94 bits per heavy atom. The van der Waals surface area contributed by atoms with E-state index in [9.17, 15) is 13.2 Å². The number of benzene rings is 2. The van der Waals surface area contributed by atoms with E-state index in [4.69, 9.17) is 18.9 Å². The number of fused-ring (bicyclic) bond motifs is 1. The summed E-state index contributed by atoms with van der Waals surface area (Å²) in [6.45, 7) is 1.88. The lowest BCUT2D eigenvalue weighted by atomic mass is 10.2. The normalized spacial score (nSPS) is 18.8. The fourth-order valence-electron chi connectivity index (χ4n) is 3.53. The molecular weight excluding hydrogens is 448 g/mol. The minimum Gasteiger partial charge on any atom is -0.495 e. The number of carbonyl (C=O) groups is 1. The van der Waals surface area contributed by atoms with Crippen LogP contribution in [0.15, 0.2) is 53.4 Å².